The third-order valence-electron chi connectivity index (χ3n) is 1.18. The van der Waals surface area contributed by atoms with E-state index in [9.17, 15) is 0 Å². The highest BCUT2D eigenvalue weighted by atomic mass is 79.9. The van der Waals surface area contributed by atoms with Crippen molar-refractivity contribution < 1.29 is 17.0 Å². The minimum atomic E-state index is -0.432. The van der Waals surface area contributed by atoms with Crippen LogP contribution in [0.5, 0.6) is 0 Å². The quantitative estimate of drug-likeness (QED) is 0.564. The molecule has 0 heterocycles. The summed E-state index contributed by atoms with van der Waals surface area (Å²) in [5, 5.41) is 0. The third kappa shape index (κ3) is 12.2. The van der Waals surface area contributed by atoms with Crippen LogP contribution in [0.3, 0.4) is 0 Å². The van der Waals surface area contributed by atoms with Gasteiger partial charge in [-0.05, 0) is 6.42 Å². The maximum atomic E-state index is 2.41. The van der Waals surface area contributed by atoms with Crippen molar-refractivity contribution in [1.29, 1.82) is 0 Å². The molecule has 2 heteroatoms. The van der Waals surface area contributed by atoms with E-state index in [-0.39, 0.29) is 17.0 Å². The molecule has 0 aliphatic carbocycles. The lowest BCUT2D eigenvalue weighted by atomic mass is 10.4. The van der Waals surface area contributed by atoms with Crippen LogP contribution >= 0.6 is 7.26 Å². The van der Waals surface area contributed by atoms with E-state index >= 15 is 0 Å². The molecule has 0 nitrogen and oxygen atoms in total. The molecule has 0 fully saturated rings. The molecule has 58 valence electrons. The van der Waals surface area contributed by atoms with Crippen LogP contribution in [0.4, 0.5) is 0 Å². The second kappa shape index (κ2) is 5.68. The molecule has 0 spiro atoms. The van der Waals surface area contributed by atoms with Gasteiger partial charge in [-0.1, -0.05) is 13.3 Å². The fourth-order valence-corrected chi connectivity index (χ4v) is 1.90. The summed E-state index contributed by atoms with van der Waals surface area (Å²) in [6.07, 6.45) is 4.26. The molecule has 0 aromatic rings. The van der Waals surface area contributed by atoms with Crippen molar-refractivity contribution in [1.82, 2.24) is 0 Å². The molecule has 0 bridgehead atoms. The number of unbranched alkanes of at least 4 members (excludes halogenated alkanes) is 1. The molecule has 0 atom stereocenters. The summed E-state index contributed by atoms with van der Waals surface area (Å²) < 4.78 is 0. The topological polar surface area (TPSA) is 0 Å². The Morgan fingerprint density at radius 2 is 1.56 bits per heavy atom. The SMILES string of the molecule is CCCC[P+](C)(C)C.[Br-]. The summed E-state index contributed by atoms with van der Waals surface area (Å²) in [6.45, 7) is 9.48. The summed E-state index contributed by atoms with van der Waals surface area (Å²) >= 11 is 0. The first-order valence-electron chi connectivity index (χ1n) is 3.36. The van der Waals surface area contributed by atoms with Crippen LogP contribution in [0, 0.1) is 0 Å². The monoisotopic (exact) mass is 212 g/mol. The van der Waals surface area contributed by atoms with Gasteiger partial charge in [0.05, 0.1) is 6.16 Å². The van der Waals surface area contributed by atoms with Crippen molar-refractivity contribution in [2.24, 2.45) is 0 Å². The second-order valence-corrected chi connectivity index (χ2v) is 8.40. The van der Waals surface area contributed by atoms with Gasteiger partial charge in [0.25, 0.3) is 0 Å². The Balaban J connectivity index is 0. The Bertz CT molecular complexity index is 56.4. The van der Waals surface area contributed by atoms with Crippen molar-refractivity contribution >= 4 is 7.26 Å². The Kier molecular flexibility index (Phi) is 7.93. The smallest absolute Gasteiger partial charge is 0.0586 e. The van der Waals surface area contributed by atoms with E-state index in [1.54, 1.807) is 0 Å². The summed E-state index contributed by atoms with van der Waals surface area (Å²) in [4.78, 5) is 0. The minimum absolute atomic E-state index is 0. The normalized spacial score (nSPS) is 10.7. The second-order valence-electron chi connectivity index (χ2n) is 3.37. The van der Waals surface area contributed by atoms with Crippen LogP contribution in [0.1, 0.15) is 19.8 Å². The van der Waals surface area contributed by atoms with E-state index in [2.05, 4.69) is 26.9 Å². The van der Waals surface area contributed by atoms with Gasteiger partial charge in [-0.3, -0.25) is 0 Å². The fourth-order valence-electron chi connectivity index (χ4n) is 0.632. The number of rotatable bonds is 3. The molecule has 0 amide bonds. The summed E-state index contributed by atoms with van der Waals surface area (Å²) in [5.74, 6) is 0. The van der Waals surface area contributed by atoms with Crippen LogP contribution in [-0.4, -0.2) is 26.2 Å². The summed E-state index contributed by atoms with van der Waals surface area (Å²) in [7, 11) is -0.432. The van der Waals surface area contributed by atoms with Crippen molar-refractivity contribution in [2.75, 3.05) is 26.2 Å². The first-order valence-corrected chi connectivity index (χ1v) is 6.68. The Hall–Kier alpha value is 0.910. The zero-order valence-corrected chi connectivity index (χ0v) is 9.43. The molecule has 0 radical (unpaired) electrons. The van der Waals surface area contributed by atoms with Gasteiger partial charge in [0, 0.05) is 27.3 Å². The van der Waals surface area contributed by atoms with Gasteiger partial charge < -0.3 is 17.0 Å². The van der Waals surface area contributed by atoms with Gasteiger partial charge in [-0.2, -0.15) is 0 Å². The molecule has 0 unspecified atom stereocenters. The number of hydrogen-bond donors (Lipinski definition) is 0. The van der Waals surface area contributed by atoms with Crippen LogP contribution in [0.25, 0.3) is 0 Å². The molecule has 0 saturated heterocycles. The van der Waals surface area contributed by atoms with Gasteiger partial charge in [-0.25, -0.2) is 0 Å². The molecule has 0 N–H and O–H groups in total. The molecule has 0 aromatic heterocycles. The van der Waals surface area contributed by atoms with Gasteiger partial charge in [0.1, 0.15) is 0 Å². The van der Waals surface area contributed by atoms with Gasteiger partial charge in [-0.15, -0.1) is 0 Å². The van der Waals surface area contributed by atoms with Crippen molar-refractivity contribution in [3.05, 3.63) is 0 Å². The van der Waals surface area contributed by atoms with E-state index in [0.29, 0.717) is 0 Å². The highest BCUT2D eigenvalue weighted by Crippen LogP contribution is 2.46. The molecule has 0 aromatic carbocycles. The molecule has 0 saturated carbocycles. The fraction of sp³-hybridized carbons (Fsp3) is 1.00. The van der Waals surface area contributed by atoms with Crippen molar-refractivity contribution in [2.45, 2.75) is 19.8 Å². The van der Waals surface area contributed by atoms with Crippen LogP contribution in [-0.2, 0) is 0 Å². The first kappa shape index (κ1) is 12.6. The molecule has 0 rings (SSSR count). The first-order chi connectivity index (χ1) is 3.56. The molecule has 0 aliphatic rings. The lowest BCUT2D eigenvalue weighted by Crippen LogP contribution is -3.00. The summed E-state index contributed by atoms with van der Waals surface area (Å²) in [6, 6.07) is 0. The van der Waals surface area contributed by atoms with Crippen LogP contribution < -0.4 is 17.0 Å². The van der Waals surface area contributed by atoms with E-state index in [4.69, 9.17) is 0 Å². The predicted octanol–water partition coefficient (Wildman–Crippen LogP) is -0.302. The predicted molar refractivity (Wildman–Crippen MR) is 44.5 cm³/mol. The van der Waals surface area contributed by atoms with Gasteiger partial charge in [0.2, 0.25) is 0 Å². The lowest BCUT2D eigenvalue weighted by molar-refractivity contribution is -0.00000212. The zero-order chi connectivity index (χ0) is 6.62. The Labute approximate surface area is 70.5 Å². The lowest BCUT2D eigenvalue weighted by Gasteiger charge is -2.09. The standard InChI is InChI=1S/C7H18P.BrH/c1-5-6-7-8(2,3)4;/h5-7H2,1-4H3;1H/q+1;/p-1. The number of hydrogen-bond acceptors (Lipinski definition) is 0. The Morgan fingerprint density at radius 1 is 1.11 bits per heavy atom. The molecule has 9 heavy (non-hydrogen) atoms. The van der Waals surface area contributed by atoms with E-state index < -0.39 is 7.26 Å². The maximum absolute atomic E-state index is 2.41. The molecular weight excluding hydrogens is 195 g/mol. The average Bonchev–Trinajstić information content (AvgIpc) is 1.59. The zero-order valence-electron chi connectivity index (χ0n) is 6.95. The van der Waals surface area contributed by atoms with E-state index in [0.717, 1.165) is 0 Å². The Morgan fingerprint density at radius 3 is 1.67 bits per heavy atom. The van der Waals surface area contributed by atoms with Crippen LogP contribution in [0.2, 0.25) is 0 Å². The molecular formula is C7H18BrP. The highest BCUT2D eigenvalue weighted by molar-refractivity contribution is 7.73. The van der Waals surface area contributed by atoms with Crippen molar-refractivity contribution in [3.63, 3.8) is 0 Å². The van der Waals surface area contributed by atoms with Gasteiger partial charge >= 0.3 is 0 Å². The van der Waals surface area contributed by atoms with E-state index in [1.165, 1.54) is 19.0 Å². The largest absolute Gasteiger partial charge is 1.00 e. The summed E-state index contributed by atoms with van der Waals surface area (Å²) in [5.41, 5.74) is 0. The maximum Gasteiger partial charge on any atom is 0.0586 e. The third-order valence-corrected chi connectivity index (χ3v) is 2.84. The van der Waals surface area contributed by atoms with E-state index in [1.807, 2.05) is 0 Å². The molecule has 0 aliphatic heterocycles. The van der Waals surface area contributed by atoms with Crippen LogP contribution in [0.15, 0.2) is 0 Å². The average molecular weight is 213 g/mol. The number of halogens is 1. The minimum Gasteiger partial charge on any atom is -1.00 e. The van der Waals surface area contributed by atoms with Gasteiger partial charge in [0.15, 0.2) is 0 Å². The highest BCUT2D eigenvalue weighted by Gasteiger charge is 2.14. The van der Waals surface area contributed by atoms with Crippen molar-refractivity contribution in [3.8, 4) is 0 Å².